The molecule has 0 aliphatic rings. The van der Waals surface area contributed by atoms with Gasteiger partial charge in [-0.05, 0) is 49.8 Å². The van der Waals surface area contributed by atoms with Crippen molar-refractivity contribution in [3.63, 3.8) is 0 Å². The van der Waals surface area contributed by atoms with Gasteiger partial charge in [-0.25, -0.2) is 0 Å². The minimum atomic E-state index is 0.330. The molecule has 0 atom stereocenters. The van der Waals surface area contributed by atoms with Gasteiger partial charge in [0.15, 0.2) is 0 Å². The second-order valence-electron chi connectivity index (χ2n) is 6.38. The normalized spacial score (nSPS) is 9.64. The predicted molar refractivity (Wildman–Crippen MR) is 113 cm³/mol. The number of nitrogens with zero attached hydrogens (tertiary/aromatic N) is 1. The van der Waals surface area contributed by atoms with E-state index in [4.69, 9.17) is 12.2 Å². The summed E-state index contributed by atoms with van der Waals surface area (Å²) in [6.45, 7) is 16.4. The highest BCUT2D eigenvalue weighted by Crippen LogP contribution is 2.25. The third-order valence-corrected chi connectivity index (χ3v) is 3.57. The highest BCUT2D eigenvalue weighted by Gasteiger charge is 2.16. The molecule has 1 rings (SSSR count). The van der Waals surface area contributed by atoms with E-state index in [1.807, 2.05) is 32.0 Å². The minimum Gasteiger partial charge on any atom is -0.384 e. The van der Waals surface area contributed by atoms with Crippen LogP contribution in [0, 0.1) is 17.8 Å². The fourth-order valence-electron chi connectivity index (χ4n) is 2.03. The summed E-state index contributed by atoms with van der Waals surface area (Å²) >= 11 is 0. The van der Waals surface area contributed by atoms with Crippen molar-refractivity contribution >= 4 is 5.70 Å². The van der Waals surface area contributed by atoms with Crippen LogP contribution in [0.4, 0.5) is 0 Å². The van der Waals surface area contributed by atoms with Gasteiger partial charge in [0, 0.05) is 19.2 Å². The number of aromatic nitrogens is 1. The van der Waals surface area contributed by atoms with E-state index in [0.29, 0.717) is 5.41 Å². The van der Waals surface area contributed by atoms with Crippen molar-refractivity contribution in [3.05, 3.63) is 36.7 Å². The molecule has 3 N–H and O–H groups in total. The van der Waals surface area contributed by atoms with E-state index in [1.54, 1.807) is 6.20 Å². The summed E-state index contributed by atoms with van der Waals surface area (Å²) < 4.78 is 0. The zero-order valence-corrected chi connectivity index (χ0v) is 17.1. The first-order valence-corrected chi connectivity index (χ1v) is 9.44. The van der Waals surface area contributed by atoms with Gasteiger partial charge in [0.25, 0.3) is 0 Å². The quantitative estimate of drug-likeness (QED) is 0.602. The summed E-state index contributed by atoms with van der Waals surface area (Å²) in [7, 11) is 0. The monoisotopic (exact) mass is 345 g/mol. The maximum atomic E-state index is 5.55. The van der Waals surface area contributed by atoms with Crippen LogP contribution in [0.1, 0.15) is 72.4 Å². The Hall–Kier alpha value is -1.79. The lowest BCUT2D eigenvalue weighted by Gasteiger charge is -2.24. The smallest absolute Gasteiger partial charge is 0.0854 e. The van der Waals surface area contributed by atoms with Gasteiger partial charge in [-0.1, -0.05) is 47.3 Å². The van der Waals surface area contributed by atoms with Crippen LogP contribution in [0.5, 0.6) is 0 Å². The third kappa shape index (κ3) is 15.5. The Morgan fingerprint density at radius 1 is 1.32 bits per heavy atom. The summed E-state index contributed by atoms with van der Waals surface area (Å²) in [6, 6.07) is 5.85. The van der Waals surface area contributed by atoms with Crippen molar-refractivity contribution in [3.8, 4) is 12.3 Å². The van der Waals surface area contributed by atoms with Gasteiger partial charge < -0.3 is 11.1 Å². The van der Waals surface area contributed by atoms with E-state index in [1.165, 1.54) is 6.42 Å². The Bertz CT molecular complexity index is 458. The standard InChI is InChI=1S/C15H25N3.C5H8.C2H6/c1-13(14-7-4-5-11-18-14)17-12-9-15(2,3)8-6-10-16;1-3-5-4-2;1-2/h4-5,7,11,17H,1,6,8-10,12,16H2,2-3H3;1H,4-5H2,2H3;1-2H3. The SMILES string of the molecule is C#CCCC.C=C(NCCC(C)(C)CCCN)c1ccccn1.CC. The molecule has 0 aliphatic carbocycles. The Labute approximate surface area is 156 Å². The van der Waals surface area contributed by atoms with Crippen molar-refractivity contribution in [2.75, 3.05) is 13.1 Å². The van der Waals surface area contributed by atoms with Gasteiger partial charge in [0.05, 0.1) is 11.4 Å². The molecule has 1 aromatic heterocycles. The first-order chi connectivity index (χ1) is 12.0. The second kappa shape index (κ2) is 17.0. The van der Waals surface area contributed by atoms with Gasteiger partial charge in [-0.3, -0.25) is 4.98 Å². The molecule has 0 amide bonds. The first-order valence-electron chi connectivity index (χ1n) is 9.44. The van der Waals surface area contributed by atoms with Crippen LogP contribution < -0.4 is 11.1 Å². The Morgan fingerprint density at radius 3 is 2.44 bits per heavy atom. The average Bonchev–Trinajstić information content (AvgIpc) is 2.63. The molecule has 0 spiro atoms. The molecule has 0 unspecified atom stereocenters. The zero-order chi connectivity index (χ0) is 19.6. The van der Waals surface area contributed by atoms with Gasteiger partial charge in [-0.15, -0.1) is 12.3 Å². The lowest BCUT2D eigenvalue weighted by Crippen LogP contribution is -2.22. The molecule has 3 nitrogen and oxygen atoms in total. The number of terminal acetylenes is 1. The molecule has 0 aromatic carbocycles. The summed E-state index contributed by atoms with van der Waals surface area (Å²) in [5, 5.41) is 3.34. The van der Waals surface area contributed by atoms with Crippen molar-refractivity contribution in [1.29, 1.82) is 0 Å². The van der Waals surface area contributed by atoms with Crippen LogP contribution in [0.2, 0.25) is 0 Å². The van der Waals surface area contributed by atoms with Crippen LogP contribution in [0.15, 0.2) is 31.0 Å². The van der Waals surface area contributed by atoms with Gasteiger partial charge in [-0.2, -0.15) is 0 Å². The van der Waals surface area contributed by atoms with Crippen LogP contribution in [-0.4, -0.2) is 18.1 Å². The van der Waals surface area contributed by atoms with Crippen LogP contribution in [0.25, 0.3) is 5.70 Å². The van der Waals surface area contributed by atoms with E-state index >= 15 is 0 Å². The number of hydrogen-bond donors (Lipinski definition) is 2. The maximum absolute atomic E-state index is 5.55. The molecule has 0 saturated carbocycles. The third-order valence-electron chi connectivity index (χ3n) is 3.57. The summed E-state index contributed by atoms with van der Waals surface area (Å²) in [4.78, 5) is 4.26. The van der Waals surface area contributed by atoms with Gasteiger partial charge >= 0.3 is 0 Å². The molecule has 0 radical (unpaired) electrons. The summed E-state index contributed by atoms with van der Waals surface area (Å²) in [5.74, 6) is 2.52. The van der Waals surface area contributed by atoms with E-state index < -0.39 is 0 Å². The van der Waals surface area contributed by atoms with E-state index in [0.717, 1.165) is 50.2 Å². The number of nitrogens with two attached hydrogens (primary N) is 1. The van der Waals surface area contributed by atoms with Crippen molar-refractivity contribution < 1.29 is 0 Å². The van der Waals surface area contributed by atoms with Crippen molar-refractivity contribution in [1.82, 2.24) is 10.3 Å². The zero-order valence-electron chi connectivity index (χ0n) is 17.1. The number of hydrogen-bond acceptors (Lipinski definition) is 3. The first kappa shape index (κ1) is 25.5. The van der Waals surface area contributed by atoms with Crippen molar-refractivity contribution in [2.24, 2.45) is 11.1 Å². The van der Waals surface area contributed by atoms with E-state index in [-0.39, 0.29) is 0 Å². The number of nitrogens with one attached hydrogen (secondary N) is 1. The molecule has 142 valence electrons. The summed E-state index contributed by atoms with van der Waals surface area (Å²) in [6.07, 6.45) is 12.1. The molecule has 0 fully saturated rings. The van der Waals surface area contributed by atoms with Crippen LogP contribution in [0.3, 0.4) is 0 Å². The number of unbranched alkanes of at least 4 members (excludes halogenated alkanes) is 1. The van der Waals surface area contributed by atoms with E-state index in [2.05, 4.69) is 43.6 Å². The Kier molecular flexibility index (Phi) is 17.4. The topological polar surface area (TPSA) is 50.9 Å². The Morgan fingerprint density at radius 2 is 2.00 bits per heavy atom. The lowest BCUT2D eigenvalue weighted by molar-refractivity contribution is 0.301. The molecule has 0 bridgehead atoms. The van der Waals surface area contributed by atoms with Crippen molar-refractivity contribution in [2.45, 2.75) is 66.7 Å². The highest BCUT2D eigenvalue weighted by atomic mass is 14.9. The Balaban J connectivity index is 0. The largest absolute Gasteiger partial charge is 0.384 e. The fraction of sp³-hybridized carbons (Fsp3) is 0.591. The molecule has 0 aliphatic heterocycles. The summed E-state index contributed by atoms with van der Waals surface area (Å²) in [5.41, 5.74) is 7.69. The molecule has 3 heteroatoms. The number of pyridine rings is 1. The molecule has 0 saturated heterocycles. The molecular formula is C22H39N3. The van der Waals surface area contributed by atoms with E-state index in [9.17, 15) is 0 Å². The maximum Gasteiger partial charge on any atom is 0.0854 e. The molecule has 25 heavy (non-hydrogen) atoms. The van der Waals surface area contributed by atoms with Gasteiger partial charge in [0.2, 0.25) is 0 Å². The lowest BCUT2D eigenvalue weighted by atomic mass is 9.84. The molecule has 1 aromatic rings. The molecule has 1 heterocycles. The minimum absolute atomic E-state index is 0.330. The second-order valence-corrected chi connectivity index (χ2v) is 6.38. The fourth-order valence-corrected chi connectivity index (χ4v) is 2.03. The predicted octanol–water partition coefficient (Wildman–Crippen LogP) is 5.24. The number of rotatable bonds is 9. The highest BCUT2D eigenvalue weighted by molar-refractivity contribution is 5.57. The average molecular weight is 346 g/mol. The van der Waals surface area contributed by atoms with Crippen LogP contribution >= 0.6 is 0 Å². The van der Waals surface area contributed by atoms with Crippen LogP contribution in [-0.2, 0) is 0 Å². The molecular weight excluding hydrogens is 306 g/mol. The van der Waals surface area contributed by atoms with Gasteiger partial charge in [0.1, 0.15) is 0 Å².